The van der Waals surface area contributed by atoms with Crippen LogP contribution in [0.1, 0.15) is 52.1 Å². The van der Waals surface area contributed by atoms with Crippen LogP contribution in [-0.4, -0.2) is 40.1 Å². The Morgan fingerprint density at radius 3 is 2.56 bits per heavy atom. The molecule has 0 radical (unpaired) electrons. The summed E-state index contributed by atoms with van der Waals surface area (Å²) < 4.78 is 5.47. The van der Waals surface area contributed by atoms with E-state index in [0.29, 0.717) is 17.1 Å². The van der Waals surface area contributed by atoms with Gasteiger partial charge < -0.3 is 15.8 Å². The molecule has 7 nitrogen and oxygen atoms in total. The van der Waals surface area contributed by atoms with Crippen molar-refractivity contribution >= 4 is 23.4 Å². The summed E-state index contributed by atoms with van der Waals surface area (Å²) in [5.74, 6) is -0.289. The van der Waals surface area contributed by atoms with E-state index in [9.17, 15) is 9.59 Å². The predicted molar refractivity (Wildman–Crippen MR) is 97.2 cm³/mol. The lowest BCUT2D eigenvalue weighted by Gasteiger charge is -2.31. The number of nitrogens with one attached hydrogen (secondary N) is 1. The zero-order valence-electron chi connectivity index (χ0n) is 15.5. The van der Waals surface area contributed by atoms with E-state index in [0.717, 1.165) is 25.7 Å². The van der Waals surface area contributed by atoms with Crippen LogP contribution in [-0.2, 0) is 9.53 Å². The Morgan fingerprint density at radius 2 is 2.00 bits per heavy atom. The number of ether oxygens (including phenoxy) is 1. The van der Waals surface area contributed by atoms with Gasteiger partial charge >= 0.3 is 6.09 Å². The van der Waals surface area contributed by atoms with E-state index in [2.05, 4.69) is 10.3 Å². The Balaban J connectivity index is 2.05. The molecule has 138 valence electrons. The second kappa shape index (κ2) is 7.72. The lowest BCUT2D eigenvalue weighted by atomic mass is 10.2. The number of hydrogen-bond donors (Lipinski definition) is 2. The van der Waals surface area contributed by atoms with E-state index < -0.39 is 11.7 Å². The molecule has 0 aliphatic heterocycles. The fourth-order valence-electron chi connectivity index (χ4n) is 2.85. The molecule has 0 spiro atoms. The minimum Gasteiger partial charge on any atom is -0.444 e. The number of rotatable bonds is 4. The summed E-state index contributed by atoms with van der Waals surface area (Å²) >= 11 is 0. The molecule has 7 heteroatoms. The van der Waals surface area contributed by atoms with Gasteiger partial charge in [0.15, 0.2) is 0 Å². The van der Waals surface area contributed by atoms with Gasteiger partial charge in [-0.3, -0.25) is 14.7 Å². The third-order valence-electron chi connectivity index (χ3n) is 4.12. The standard InChI is InChI=1S/C18H28N4O3/c1-12-15(19)9-13(10-20-12)21-16(23)11-22(14-7-5-6-8-14)17(24)25-18(2,3)4/h9-10,14H,5-8,11,19H2,1-4H3,(H,21,23). The number of carbonyl (C=O) groups excluding carboxylic acids is 2. The highest BCUT2D eigenvalue weighted by Gasteiger charge is 2.31. The molecule has 1 aliphatic carbocycles. The monoisotopic (exact) mass is 348 g/mol. The number of carbonyl (C=O) groups is 2. The van der Waals surface area contributed by atoms with Crippen LogP contribution >= 0.6 is 0 Å². The molecule has 0 aromatic carbocycles. The van der Waals surface area contributed by atoms with Crippen LogP contribution in [0.25, 0.3) is 0 Å². The number of nitrogen functional groups attached to an aromatic ring is 1. The number of hydrogen-bond acceptors (Lipinski definition) is 5. The van der Waals surface area contributed by atoms with Crippen LogP contribution < -0.4 is 11.1 Å². The largest absolute Gasteiger partial charge is 0.444 e. The van der Waals surface area contributed by atoms with E-state index in [4.69, 9.17) is 10.5 Å². The maximum Gasteiger partial charge on any atom is 0.411 e. The SMILES string of the molecule is Cc1ncc(NC(=O)CN(C(=O)OC(C)(C)C)C2CCCC2)cc1N. The van der Waals surface area contributed by atoms with Gasteiger partial charge in [-0.2, -0.15) is 0 Å². The van der Waals surface area contributed by atoms with Crippen molar-refractivity contribution in [1.29, 1.82) is 0 Å². The van der Waals surface area contributed by atoms with Crippen molar-refractivity contribution in [3.8, 4) is 0 Å². The molecule has 1 aromatic heterocycles. The summed E-state index contributed by atoms with van der Waals surface area (Å²) in [7, 11) is 0. The van der Waals surface area contributed by atoms with Crippen LogP contribution in [0, 0.1) is 6.92 Å². The van der Waals surface area contributed by atoms with Crippen molar-refractivity contribution < 1.29 is 14.3 Å². The van der Waals surface area contributed by atoms with E-state index in [1.165, 1.54) is 0 Å². The Labute approximate surface area is 148 Å². The lowest BCUT2D eigenvalue weighted by molar-refractivity contribution is -0.117. The third-order valence-corrected chi connectivity index (χ3v) is 4.12. The quantitative estimate of drug-likeness (QED) is 0.871. The van der Waals surface area contributed by atoms with Crippen LogP contribution in [0.15, 0.2) is 12.3 Å². The van der Waals surface area contributed by atoms with E-state index in [1.54, 1.807) is 24.1 Å². The number of amides is 2. The van der Waals surface area contributed by atoms with Gasteiger partial charge in [0, 0.05) is 6.04 Å². The van der Waals surface area contributed by atoms with Gasteiger partial charge in [0.25, 0.3) is 0 Å². The van der Waals surface area contributed by atoms with Gasteiger partial charge in [-0.25, -0.2) is 4.79 Å². The van der Waals surface area contributed by atoms with E-state index in [1.807, 2.05) is 20.8 Å². The van der Waals surface area contributed by atoms with Gasteiger partial charge in [-0.05, 0) is 46.6 Å². The highest BCUT2D eigenvalue weighted by Crippen LogP contribution is 2.25. The number of anilines is 2. The topological polar surface area (TPSA) is 97.5 Å². The van der Waals surface area contributed by atoms with Gasteiger partial charge in [-0.15, -0.1) is 0 Å². The van der Waals surface area contributed by atoms with Crippen molar-refractivity contribution in [2.45, 2.75) is 65.0 Å². The van der Waals surface area contributed by atoms with Crippen LogP contribution in [0.4, 0.5) is 16.2 Å². The van der Waals surface area contributed by atoms with Crippen molar-refractivity contribution in [3.05, 3.63) is 18.0 Å². The maximum absolute atomic E-state index is 12.5. The molecule has 0 unspecified atom stereocenters. The van der Waals surface area contributed by atoms with Crippen molar-refractivity contribution in [3.63, 3.8) is 0 Å². The third kappa shape index (κ3) is 5.62. The van der Waals surface area contributed by atoms with Crippen LogP contribution in [0.3, 0.4) is 0 Å². The Hall–Kier alpha value is -2.31. The summed E-state index contributed by atoms with van der Waals surface area (Å²) in [6.07, 6.45) is 5.01. The van der Waals surface area contributed by atoms with Crippen LogP contribution in [0.2, 0.25) is 0 Å². The lowest BCUT2D eigenvalue weighted by Crippen LogP contribution is -2.46. The summed E-state index contributed by atoms with van der Waals surface area (Å²) in [4.78, 5) is 30.6. The first-order chi connectivity index (χ1) is 11.7. The van der Waals surface area contributed by atoms with E-state index in [-0.39, 0.29) is 18.5 Å². The number of nitrogens with zero attached hydrogens (tertiary/aromatic N) is 2. The second-order valence-corrected chi connectivity index (χ2v) is 7.49. The first kappa shape index (κ1) is 19.0. The molecule has 25 heavy (non-hydrogen) atoms. The summed E-state index contributed by atoms with van der Waals surface area (Å²) in [5, 5.41) is 2.75. The Kier molecular flexibility index (Phi) is 5.87. The molecule has 2 rings (SSSR count). The highest BCUT2D eigenvalue weighted by atomic mass is 16.6. The van der Waals surface area contributed by atoms with Crippen molar-refractivity contribution in [2.75, 3.05) is 17.6 Å². The summed E-state index contributed by atoms with van der Waals surface area (Å²) in [6.45, 7) is 7.20. The first-order valence-corrected chi connectivity index (χ1v) is 8.67. The average Bonchev–Trinajstić information content (AvgIpc) is 3.00. The second-order valence-electron chi connectivity index (χ2n) is 7.49. The smallest absolute Gasteiger partial charge is 0.411 e. The summed E-state index contributed by atoms with van der Waals surface area (Å²) in [6, 6.07) is 1.70. The molecule has 1 fully saturated rings. The number of aryl methyl sites for hydroxylation is 1. The fourth-order valence-corrected chi connectivity index (χ4v) is 2.85. The maximum atomic E-state index is 12.5. The average molecular weight is 348 g/mol. The normalized spacial score (nSPS) is 15.0. The number of nitrogens with two attached hydrogens (primary N) is 1. The molecular weight excluding hydrogens is 320 g/mol. The molecular formula is C18H28N4O3. The molecule has 1 aromatic rings. The molecule has 0 bridgehead atoms. The van der Waals surface area contributed by atoms with Gasteiger partial charge in [-0.1, -0.05) is 12.8 Å². The summed E-state index contributed by atoms with van der Waals surface area (Å²) in [5.41, 5.74) is 6.96. The minimum atomic E-state index is -0.597. The van der Waals surface area contributed by atoms with E-state index >= 15 is 0 Å². The molecule has 1 heterocycles. The molecule has 2 amide bonds. The molecule has 1 saturated carbocycles. The van der Waals surface area contributed by atoms with Crippen molar-refractivity contribution in [2.24, 2.45) is 0 Å². The zero-order chi connectivity index (χ0) is 18.6. The zero-order valence-corrected chi connectivity index (χ0v) is 15.5. The predicted octanol–water partition coefficient (Wildman–Crippen LogP) is 3.09. The van der Waals surface area contributed by atoms with Crippen LogP contribution in [0.5, 0.6) is 0 Å². The van der Waals surface area contributed by atoms with Gasteiger partial charge in [0.2, 0.25) is 5.91 Å². The molecule has 0 saturated heterocycles. The fraction of sp³-hybridized carbons (Fsp3) is 0.611. The van der Waals surface area contributed by atoms with Gasteiger partial charge in [0.05, 0.1) is 23.3 Å². The van der Waals surface area contributed by atoms with Gasteiger partial charge in [0.1, 0.15) is 12.1 Å². The molecule has 0 atom stereocenters. The molecule has 3 N–H and O–H groups in total. The van der Waals surface area contributed by atoms with Crippen molar-refractivity contribution in [1.82, 2.24) is 9.88 Å². The first-order valence-electron chi connectivity index (χ1n) is 8.67. The minimum absolute atomic E-state index is 0.0433. The Bertz CT molecular complexity index is 634. The highest BCUT2D eigenvalue weighted by molar-refractivity contribution is 5.94. The number of pyridine rings is 1. The Morgan fingerprint density at radius 1 is 1.36 bits per heavy atom. The number of aromatic nitrogens is 1. The molecule has 1 aliphatic rings.